The van der Waals surface area contributed by atoms with Crippen molar-refractivity contribution in [1.82, 2.24) is 35.5 Å². The first-order chi connectivity index (χ1) is 19.2. The van der Waals surface area contributed by atoms with Crippen LogP contribution < -0.4 is 5.32 Å². The molecule has 0 aliphatic heterocycles. The van der Waals surface area contributed by atoms with Crippen molar-refractivity contribution in [3.05, 3.63) is 109 Å². The van der Waals surface area contributed by atoms with E-state index >= 15 is 4.39 Å². The van der Waals surface area contributed by atoms with Gasteiger partial charge in [-0.05, 0) is 47.0 Å². The number of benzene rings is 2. The number of hydrogen-bond acceptors (Lipinski definition) is 6. The van der Waals surface area contributed by atoms with Crippen molar-refractivity contribution < 1.29 is 8.81 Å². The molecule has 0 atom stereocenters. The number of halogens is 1. The number of furan rings is 1. The molecule has 0 fully saturated rings. The summed E-state index contributed by atoms with van der Waals surface area (Å²) in [4.78, 5) is 16.8. The molecule has 190 valence electrons. The van der Waals surface area contributed by atoms with Crippen LogP contribution in [0.5, 0.6) is 0 Å². The third kappa shape index (κ3) is 4.34. The standard InChI is InChI=1S/C30H22FN7O/c31-25-12-21(22-10-19(15-33-16-22)14-32-13-18-4-2-1-3-5-18)11-24-26(25)37-38-28(24)30-35-27-23(20-7-9-39-17-20)6-8-34-29(27)36-30/h1-12,15-17,32H,13-14H2,(H,37,38)(H,34,35,36). The summed E-state index contributed by atoms with van der Waals surface area (Å²) in [6.45, 7) is 1.39. The highest BCUT2D eigenvalue weighted by atomic mass is 19.1. The Morgan fingerprint density at radius 3 is 2.67 bits per heavy atom. The normalized spacial score (nSPS) is 11.5. The predicted molar refractivity (Wildman–Crippen MR) is 147 cm³/mol. The molecule has 0 amide bonds. The molecular weight excluding hydrogens is 493 g/mol. The lowest BCUT2D eigenvalue weighted by Crippen LogP contribution is -2.12. The fourth-order valence-electron chi connectivity index (χ4n) is 4.80. The second-order valence-corrected chi connectivity index (χ2v) is 9.28. The zero-order valence-corrected chi connectivity index (χ0v) is 20.6. The molecule has 7 aromatic rings. The second-order valence-electron chi connectivity index (χ2n) is 9.28. The summed E-state index contributed by atoms with van der Waals surface area (Å²) in [5.74, 6) is 0.0930. The van der Waals surface area contributed by atoms with Crippen LogP contribution >= 0.6 is 0 Å². The molecule has 2 aromatic carbocycles. The lowest BCUT2D eigenvalue weighted by molar-refractivity contribution is 0.568. The van der Waals surface area contributed by atoms with Gasteiger partial charge in [0.1, 0.15) is 11.2 Å². The summed E-state index contributed by atoms with van der Waals surface area (Å²) >= 11 is 0. The van der Waals surface area contributed by atoms with Crippen molar-refractivity contribution in [2.75, 3.05) is 0 Å². The largest absolute Gasteiger partial charge is 0.472 e. The van der Waals surface area contributed by atoms with Crippen LogP contribution in [0.1, 0.15) is 11.1 Å². The zero-order valence-electron chi connectivity index (χ0n) is 20.6. The Kier molecular flexibility index (Phi) is 5.68. The maximum Gasteiger partial charge on any atom is 0.178 e. The Hall–Kier alpha value is -5.15. The summed E-state index contributed by atoms with van der Waals surface area (Å²) in [5.41, 5.74) is 7.67. The highest BCUT2D eigenvalue weighted by Crippen LogP contribution is 2.34. The summed E-state index contributed by atoms with van der Waals surface area (Å²) in [6.07, 6.45) is 8.55. The first-order valence-corrected chi connectivity index (χ1v) is 12.5. The third-order valence-electron chi connectivity index (χ3n) is 6.70. The lowest BCUT2D eigenvalue weighted by Gasteiger charge is -2.08. The summed E-state index contributed by atoms with van der Waals surface area (Å²) in [5, 5.41) is 11.3. The van der Waals surface area contributed by atoms with Crippen molar-refractivity contribution in [1.29, 1.82) is 0 Å². The molecule has 0 aliphatic rings. The SMILES string of the molecule is Fc1cc(-c2cncc(CNCc3ccccc3)c2)cc2c(-c3nc4nccc(-c5ccoc5)c4[nH]3)[nH]nc12. The topological polar surface area (TPSA) is 108 Å². The Labute approximate surface area is 222 Å². The van der Waals surface area contributed by atoms with Crippen molar-refractivity contribution in [2.24, 2.45) is 0 Å². The number of pyridine rings is 2. The summed E-state index contributed by atoms with van der Waals surface area (Å²) in [7, 11) is 0. The van der Waals surface area contributed by atoms with Crippen LogP contribution in [0.3, 0.4) is 0 Å². The zero-order chi connectivity index (χ0) is 26.2. The van der Waals surface area contributed by atoms with Crippen LogP contribution in [0, 0.1) is 5.82 Å². The lowest BCUT2D eigenvalue weighted by atomic mass is 10.0. The summed E-state index contributed by atoms with van der Waals surface area (Å²) < 4.78 is 20.5. The summed E-state index contributed by atoms with van der Waals surface area (Å²) in [6, 6.07) is 19.4. The number of imidazole rings is 1. The van der Waals surface area contributed by atoms with Crippen molar-refractivity contribution in [2.45, 2.75) is 13.1 Å². The molecule has 7 rings (SSSR count). The molecule has 0 saturated carbocycles. The quantitative estimate of drug-likeness (QED) is 0.232. The van der Waals surface area contributed by atoms with Crippen LogP contribution in [0.15, 0.2) is 96.2 Å². The molecule has 8 nitrogen and oxygen atoms in total. The minimum absolute atomic E-state index is 0.242. The van der Waals surface area contributed by atoms with Crippen LogP contribution in [-0.2, 0) is 13.1 Å². The van der Waals surface area contributed by atoms with Gasteiger partial charge in [0.2, 0.25) is 0 Å². The average molecular weight is 516 g/mol. The highest BCUT2D eigenvalue weighted by molar-refractivity contribution is 5.97. The number of nitrogens with one attached hydrogen (secondary N) is 3. The van der Waals surface area contributed by atoms with Crippen LogP contribution in [0.4, 0.5) is 4.39 Å². The van der Waals surface area contributed by atoms with Gasteiger partial charge >= 0.3 is 0 Å². The molecule has 0 radical (unpaired) electrons. The molecule has 5 heterocycles. The maximum atomic E-state index is 15.2. The van der Waals surface area contributed by atoms with Gasteiger partial charge in [-0.1, -0.05) is 30.3 Å². The van der Waals surface area contributed by atoms with E-state index in [-0.39, 0.29) is 5.52 Å². The molecule has 0 unspecified atom stereocenters. The van der Waals surface area contributed by atoms with E-state index in [1.807, 2.05) is 48.7 Å². The molecule has 0 saturated heterocycles. The van der Waals surface area contributed by atoms with Crippen molar-refractivity contribution in [3.63, 3.8) is 0 Å². The van der Waals surface area contributed by atoms with E-state index in [4.69, 9.17) is 4.42 Å². The van der Waals surface area contributed by atoms with Crippen LogP contribution in [0.25, 0.3) is 55.8 Å². The van der Waals surface area contributed by atoms with E-state index in [1.54, 1.807) is 24.9 Å². The minimum atomic E-state index is -0.425. The van der Waals surface area contributed by atoms with E-state index in [0.29, 0.717) is 34.7 Å². The number of H-pyrrole nitrogens is 2. The van der Waals surface area contributed by atoms with Crippen molar-refractivity contribution >= 4 is 22.1 Å². The van der Waals surface area contributed by atoms with Crippen LogP contribution in [0.2, 0.25) is 0 Å². The number of hydrogen-bond donors (Lipinski definition) is 3. The first kappa shape index (κ1) is 23.0. The van der Waals surface area contributed by atoms with Gasteiger partial charge in [-0.15, -0.1) is 0 Å². The van der Waals surface area contributed by atoms with Crippen molar-refractivity contribution in [3.8, 4) is 33.8 Å². The predicted octanol–water partition coefficient (Wildman–Crippen LogP) is 6.25. The first-order valence-electron chi connectivity index (χ1n) is 12.5. The third-order valence-corrected chi connectivity index (χ3v) is 6.70. The number of aromatic amines is 2. The maximum absolute atomic E-state index is 15.2. The smallest absolute Gasteiger partial charge is 0.178 e. The van der Waals surface area contributed by atoms with Gasteiger partial charge < -0.3 is 14.7 Å². The molecule has 0 spiro atoms. The molecule has 0 bridgehead atoms. The molecule has 9 heteroatoms. The molecule has 3 N–H and O–H groups in total. The number of aromatic nitrogens is 6. The van der Waals surface area contributed by atoms with Gasteiger partial charge in [0, 0.05) is 53.8 Å². The minimum Gasteiger partial charge on any atom is -0.472 e. The fraction of sp³-hybridized carbons (Fsp3) is 0.0667. The Morgan fingerprint density at radius 2 is 1.79 bits per heavy atom. The number of fused-ring (bicyclic) bond motifs is 2. The van der Waals surface area contributed by atoms with E-state index < -0.39 is 5.82 Å². The van der Waals surface area contributed by atoms with E-state index in [2.05, 4.69) is 47.6 Å². The van der Waals surface area contributed by atoms with Crippen LogP contribution in [-0.4, -0.2) is 30.1 Å². The Bertz CT molecular complexity index is 1910. The van der Waals surface area contributed by atoms with Gasteiger partial charge in [-0.3, -0.25) is 10.1 Å². The van der Waals surface area contributed by atoms with Gasteiger partial charge in [0.05, 0.1) is 18.0 Å². The average Bonchev–Trinajstić information content (AvgIpc) is 3.73. The molecule has 0 aliphatic carbocycles. The Balaban J connectivity index is 1.23. The van der Waals surface area contributed by atoms with Gasteiger partial charge in [-0.25, -0.2) is 14.4 Å². The van der Waals surface area contributed by atoms with E-state index in [0.717, 1.165) is 34.3 Å². The van der Waals surface area contributed by atoms with Gasteiger partial charge in [-0.2, -0.15) is 5.10 Å². The van der Waals surface area contributed by atoms with Gasteiger partial charge in [0.25, 0.3) is 0 Å². The second kappa shape index (κ2) is 9.62. The molecule has 39 heavy (non-hydrogen) atoms. The van der Waals surface area contributed by atoms with E-state index in [9.17, 15) is 0 Å². The molecular formula is C30H22FN7O. The fourth-order valence-corrected chi connectivity index (χ4v) is 4.80. The highest BCUT2D eigenvalue weighted by Gasteiger charge is 2.18. The monoisotopic (exact) mass is 515 g/mol. The van der Waals surface area contributed by atoms with E-state index in [1.165, 1.54) is 11.6 Å². The molecule has 5 aromatic heterocycles. The number of rotatable bonds is 7. The Morgan fingerprint density at radius 1 is 0.897 bits per heavy atom. The number of nitrogens with zero attached hydrogens (tertiary/aromatic N) is 4. The van der Waals surface area contributed by atoms with Gasteiger partial charge in [0.15, 0.2) is 17.3 Å².